The summed E-state index contributed by atoms with van der Waals surface area (Å²) in [6.07, 6.45) is 7.01. The van der Waals surface area contributed by atoms with Gasteiger partial charge in [-0.25, -0.2) is 0 Å². The normalized spacial score (nSPS) is 31.2. The highest BCUT2D eigenvalue weighted by molar-refractivity contribution is 6.00. The van der Waals surface area contributed by atoms with E-state index in [1.165, 1.54) is 25.7 Å². The van der Waals surface area contributed by atoms with Crippen LogP contribution in [0.3, 0.4) is 0 Å². The number of rotatable bonds is 5. The molecular weight excluding hydrogens is 374 g/mol. The zero-order valence-electron chi connectivity index (χ0n) is 18.8. The molecular formula is C25H37N3O2. The van der Waals surface area contributed by atoms with Crippen LogP contribution in [-0.2, 0) is 4.79 Å². The molecule has 2 N–H and O–H groups in total. The maximum Gasteiger partial charge on any atom is 0.238 e. The van der Waals surface area contributed by atoms with Gasteiger partial charge in [-0.15, -0.1) is 0 Å². The van der Waals surface area contributed by atoms with Crippen molar-refractivity contribution in [2.24, 2.45) is 16.7 Å². The third-order valence-electron chi connectivity index (χ3n) is 7.38. The molecule has 3 unspecified atom stereocenters. The Morgan fingerprint density at radius 1 is 1.07 bits per heavy atom. The molecule has 1 aromatic rings. The number of amides is 1. The summed E-state index contributed by atoms with van der Waals surface area (Å²) in [4.78, 5) is 28.0. The van der Waals surface area contributed by atoms with Gasteiger partial charge < -0.3 is 10.6 Å². The molecule has 1 amide bonds. The molecule has 1 saturated carbocycles. The SMILES string of the molecule is CC1(C)CC2NCC(C)(C1)C2C(=O)c1ccc(NC(=O)CN2CCCCCC2)cc1. The van der Waals surface area contributed by atoms with Crippen molar-refractivity contribution in [1.29, 1.82) is 0 Å². The summed E-state index contributed by atoms with van der Waals surface area (Å²) in [6.45, 7) is 10.3. The summed E-state index contributed by atoms with van der Waals surface area (Å²) in [5.41, 5.74) is 1.82. The van der Waals surface area contributed by atoms with Gasteiger partial charge in [0.1, 0.15) is 0 Å². The number of hydrogen-bond acceptors (Lipinski definition) is 4. The minimum Gasteiger partial charge on any atom is -0.325 e. The molecule has 2 heterocycles. The van der Waals surface area contributed by atoms with Crippen molar-refractivity contribution in [3.8, 4) is 0 Å². The molecule has 3 aliphatic rings. The fraction of sp³-hybridized carbons (Fsp3) is 0.680. The Kier molecular flexibility index (Phi) is 6.04. The first-order valence-corrected chi connectivity index (χ1v) is 11.7. The highest BCUT2D eigenvalue weighted by Crippen LogP contribution is 2.53. The number of fused-ring (bicyclic) bond motifs is 2. The lowest BCUT2D eigenvalue weighted by molar-refractivity contribution is -0.117. The zero-order valence-corrected chi connectivity index (χ0v) is 18.8. The minimum atomic E-state index is 0.0174. The summed E-state index contributed by atoms with van der Waals surface area (Å²) in [7, 11) is 0. The number of carbonyl (C=O) groups is 2. The number of nitrogens with one attached hydrogen (secondary N) is 2. The third kappa shape index (κ3) is 4.62. The molecule has 0 spiro atoms. The number of carbonyl (C=O) groups excluding carboxylic acids is 2. The molecule has 4 rings (SSSR count). The molecule has 164 valence electrons. The number of likely N-dealkylation sites (tertiary alicyclic amines) is 1. The van der Waals surface area contributed by atoms with Crippen LogP contribution >= 0.6 is 0 Å². The highest BCUT2D eigenvalue weighted by atomic mass is 16.2. The van der Waals surface area contributed by atoms with E-state index in [0.29, 0.717) is 6.54 Å². The van der Waals surface area contributed by atoms with E-state index >= 15 is 0 Å². The van der Waals surface area contributed by atoms with Gasteiger partial charge >= 0.3 is 0 Å². The largest absolute Gasteiger partial charge is 0.325 e. The van der Waals surface area contributed by atoms with E-state index in [9.17, 15) is 9.59 Å². The van der Waals surface area contributed by atoms with Crippen LogP contribution in [-0.4, -0.2) is 48.8 Å². The van der Waals surface area contributed by atoms with Crippen LogP contribution in [0.4, 0.5) is 5.69 Å². The van der Waals surface area contributed by atoms with Crippen molar-refractivity contribution in [3.63, 3.8) is 0 Å². The molecule has 3 atom stereocenters. The van der Waals surface area contributed by atoms with E-state index in [1.54, 1.807) is 0 Å². The predicted molar refractivity (Wildman–Crippen MR) is 121 cm³/mol. The van der Waals surface area contributed by atoms with Crippen molar-refractivity contribution >= 4 is 17.4 Å². The Labute approximate surface area is 181 Å². The quantitative estimate of drug-likeness (QED) is 0.716. The first-order chi connectivity index (χ1) is 14.3. The molecule has 5 heteroatoms. The second kappa shape index (κ2) is 8.43. The first kappa shape index (κ1) is 21.5. The maximum atomic E-state index is 13.4. The molecule has 1 aliphatic carbocycles. The molecule has 5 nitrogen and oxygen atoms in total. The predicted octanol–water partition coefficient (Wildman–Crippen LogP) is 4.10. The van der Waals surface area contributed by atoms with Gasteiger partial charge in [-0.1, -0.05) is 33.6 Å². The monoisotopic (exact) mass is 411 g/mol. The fourth-order valence-corrected chi connectivity index (χ4v) is 6.30. The molecule has 1 aromatic carbocycles. The van der Waals surface area contributed by atoms with Crippen molar-refractivity contribution in [3.05, 3.63) is 29.8 Å². The van der Waals surface area contributed by atoms with Gasteiger partial charge in [0, 0.05) is 29.8 Å². The number of nitrogens with zero attached hydrogens (tertiary/aromatic N) is 1. The van der Waals surface area contributed by atoms with Crippen LogP contribution in [0.15, 0.2) is 24.3 Å². The van der Waals surface area contributed by atoms with E-state index in [1.807, 2.05) is 24.3 Å². The van der Waals surface area contributed by atoms with E-state index in [4.69, 9.17) is 0 Å². The standard InChI is InChI=1S/C25H37N3O2/c1-24(2)14-20-22(25(3,16-24)17-26-20)23(30)18-8-10-19(11-9-18)27-21(29)15-28-12-6-4-5-7-13-28/h8-11,20,22,26H,4-7,12-17H2,1-3H3,(H,27,29). The van der Waals surface area contributed by atoms with Gasteiger partial charge in [0.05, 0.1) is 6.54 Å². The van der Waals surface area contributed by atoms with Crippen LogP contribution < -0.4 is 10.6 Å². The molecule has 0 radical (unpaired) electrons. The molecule has 30 heavy (non-hydrogen) atoms. The average Bonchev–Trinajstić information content (AvgIpc) is 2.83. The molecule has 0 aromatic heterocycles. The molecule has 2 bridgehead atoms. The summed E-state index contributed by atoms with van der Waals surface area (Å²) >= 11 is 0. The van der Waals surface area contributed by atoms with Crippen molar-refractivity contribution in [2.45, 2.75) is 65.3 Å². The number of anilines is 1. The van der Waals surface area contributed by atoms with Gasteiger partial charge in [-0.3, -0.25) is 14.5 Å². The van der Waals surface area contributed by atoms with Gasteiger partial charge in [0.2, 0.25) is 5.91 Å². The van der Waals surface area contributed by atoms with Crippen LogP contribution in [0, 0.1) is 16.7 Å². The van der Waals surface area contributed by atoms with Crippen LogP contribution in [0.25, 0.3) is 0 Å². The summed E-state index contributed by atoms with van der Waals surface area (Å²) < 4.78 is 0. The summed E-state index contributed by atoms with van der Waals surface area (Å²) in [6, 6.07) is 7.77. The van der Waals surface area contributed by atoms with Crippen molar-refractivity contribution in [1.82, 2.24) is 10.2 Å². The lowest BCUT2D eigenvalue weighted by Gasteiger charge is -2.45. The van der Waals surface area contributed by atoms with Gasteiger partial charge in [0.25, 0.3) is 0 Å². The number of benzene rings is 1. The average molecular weight is 412 g/mol. The Morgan fingerprint density at radius 2 is 1.73 bits per heavy atom. The smallest absolute Gasteiger partial charge is 0.238 e. The van der Waals surface area contributed by atoms with E-state index in [0.717, 1.165) is 43.7 Å². The van der Waals surface area contributed by atoms with E-state index < -0.39 is 0 Å². The third-order valence-corrected chi connectivity index (χ3v) is 7.38. The van der Waals surface area contributed by atoms with Crippen molar-refractivity contribution in [2.75, 3.05) is 31.5 Å². The maximum absolute atomic E-state index is 13.4. The van der Waals surface area contributed by atoms with E-state index in [2.05, 4.69) is 36.3 Å². The number of Topliss-reactive ketones (excluding diaryl/α,β-unsaturated/α-hetero) is 1. The summed E-state index contributed by atoms with van der Waals surface area (Å²) in [5.74, 6) is 0.305. The second-order valence-electron chi connectivity index (χ2n) is 10.8. The van der Waals surface area contributed by atoms with Gasteiger partial charge in [0.15, 0.2) is 5.78 Å². The Balaban J connectivity index is 1.38. The van der Waals surface area contributed by atoms with Crippen LogP contribution in [0.1, 0.15) is 69.7 Å². The van der Waals surface area contributed by atoms with Crippen molar-refractivity contribution < 1.29 is 9.59 Å². The minimum absolute atomic E-state index is 0.0174. The van der Waals surface area contributed by atoms with Crippen LogP contribution in [0.2, 0.25) is 0 Å². The van der Waals surface area contributed by atoms with Gasteiger partial charge in [-0.2, -0.15) is 0 Å². The Bertz CT molecular complexity index is 780. The number of ketones is 1. The molecule has 3 fully saturated rings. The highest BCUT2D eigenvalue weighted by Gasteiger charge is 2.55. The molecule has 2 aliphatic heterocycles. The fourth-order valence-electron chi connectivity index (χ4n) is 6.30. The first-order valence-electron chi connectivity index (χ1n) is 11.7. The lowest BCUT2D eigenvalue weighted by Crippen LogP contribution is -2.46. The van der Waals surface area contributed by atoms with E-state index in [-0.39, 0.29) is 34.5 Å². The lowest BCUT2D eigenvalue weighted by atomic mass is 9.58. The van der Waals surface area contributed by atoms with Crippen LogP contribution in [0.5, 0.6) is 0 Å². The van der Waals surface area contributed by atoms with Gasteiger partial charge in [-0.05, 0) is 73.9 Å². The topological polar surface area (TPSA) is 61.4 Å². The Hall–Kier alpha value is -1.72. The summed E-state index contributed by atoms with van der Waals surface area (Å²) in [5, 5.41) is 6.61. The second-order valence-corrected chi connectivity index (χ2v) is 10.8. The number of hydrogen-bond donors (Lipinski definition) is 2. The Morgan fingerprint density at radius 3 is 2.37 bits per heavy atom. The zero-order chi connectivity index (χ0) is 21.4. The molecule has 2 saturated heterocycles.